The van der Waals surface area contributed by atoms with Gasteiger partial charge in [-0.15, -0.1) is 0 Å². The SMILES string of the molecule is CCCCCCCCc1cc[c]cc1.[Li][CH3]. The van der Waals surface area contributed by atoms with E-state index in [-0.39, 0.29) is 0 Å². The van der Waals surface area contributed by atoms with Gasteiger partial charge >= 0.3 is 23.3 Å². The Balaban J connectivity index is 0.00000106. The molecule has 16 heavy (non-hydrogen) atoms. The van der Waals surface area contributed by atoms with Gasteiger partial charge in [0.15, 0.2) is 0 Å². The number of aryl methyl sites for hydroxylation is 1. The standard InChI is InChI=1S/C14H21.CH3.Li/c1-2-3-4-5-6-8-11-14-12-9-7-10-13-14;;/h9-10,12-13H,2-6,8,11H2,1H3;1H3;. The van der Waals surface area contributed by atoms with E-state index in [0.717, 1.165) is 0 Å². The van der Waals surface area contributed by atoms with Crippen molar-refractivity contribution in [2.75, 3.05) is 0 Å². The van der Waals surface area contributed by atoms with Crippen LogP contribution >= 0.6 is 0 Å². The summed E-state index contributed by atoms with van der Waals surface area (Å²) in [6.45, 7) is 2.26. The van der Waals surface area contributed by atoms with Crippen LogP contribution in [0.1, 0.15) is 51.0 Å². The first-order valence-corrected chi connectivity index (χ1v) is 6.88. The van der Waals surface area contributed by atoms with Crippen molar-refractivity contribution >= 4 is 17.7 Å². The average Bonchev–Trinajstić information content (AvgIpc) is 2.37. The molecule has 0 aliphatic rings. The molecule has 0 amide bonds. The Morgan fingerprint density at radius 3 is 2.12 bits per heavy atom. The third-order valence-electron chi connectivity index (χ3n) is 2.61. The van der Waals surface area contributed by atoms with Crippen LogP contribution in [0, 0.1) is 6.07 Å². The molecule has 0 aromatic heterocycles. The number of hydrogen-bond acceptors (Lipinski definition) is 0. The van der Waals surface area contributed by atoms with Crippen LogP contribution in [-0.4, -0.2) is 17.7 Å². The molecule has 0 aliphatic heterocycles. The van der Waals surface area contributed by atoms with Crippen molar-refractivity contribution in [1.29, 1.82) is 0 Å². The molecular formula is C15H24Li. The number of benzene rings is 1. The fourth-order valence-corrected chi connectivity index (χ4v) is 1.70. The van der Waals surface area contributed by atoms with E-state index in [0.29, 0.717) is 0 Å². The summed E-state index contributed by atoms with van der Waals surface area (Å²) in [5.74, 6) is 0. The summed E-state index contributed by atoms with van der Waals surface area (Å²) < 4.78 is 0. The molecule has 0 aliphatic carbocycles. The van der Waals surface area contributed by atoms with Gasteiger partial charge in [0, 0.05) is 0 Å². The minimum atomic E-state index is 1.24. The quantitative estimate of drug-likeness (QED) is 0.457. The average molecular weight is 211 g/mol. The van der Waals surface area contributed by atoms with Crippen LogP contribution in [-0.2, 0) is 6.42 Å². The zero-order valence-corrected chi connectivity index (χ0v) is 11.3. The summed E-state index contributed by atoms with van der Waals surface area (Å²) in [5, 5.41) is 0. The van der Waals surface area contributed by atoms with Gasteiger partial charge in [0.05, 0.1) is 0 Å². The van der Waals surface area contributed by atoms with E-state index in [1.165, 1.54) is 50.5 Å². The van der Waals surface area contributed by atoms with E-state index in [4.69, 9.17) is 0 Å². The second-order valence-corrected chi connectivity index (χ2v) is 3.93. The molecular weight excluding hydrogens is 187 g/mol. The molecule has 0 heterocycles. The molecule has 0 N–H and O–H groups in total. The molecule has 0 bridgehead atoms. The van der Waals surface area contributed by atoms with Gasteiger partial charge in [-0.05, 0) is 24.5 Å². The van der Waals surface area contributed by atoms with Crippen LogP contribution in [0.3, 0.4) is 0 Å². The molecule has 0 saturated carbocycles. The zero-order chi connectivity index (χ0) is 12.1. The molecule has 0 fully saturated rings. The first-order chi connectivity index (χ1) is 7.93. The van der Waals surface area contributed by atoms with Crippen LogP contribution in [0.4, 0.5) is 0 Å². The van der Waals surface area contributed by atoms with Crippen LogP contribution in [0.5, 0.6) is 0 Å². The van der Waals surface area contributed by atoms with E-state index in [1.807, 2.05) is 35.4 Å². The van der Waals surface area contributed by atoms with Gasteiger partial charge < -0.3 is 0 Å². The van der Waals surface area contributed by atoms with Crippen molar-refractivity contribution in [2.24, 2.45) is 0 Å². The Hall–Kier alpha value is -0.183. The van der Waals surface area contributed by atoms with Crippen molar-refractivity contribution in [3.63, 3.8) is 0 Å². The fourth-order valence-electron chi connectivity index (χ4n) is 1.70. The van der Waals surface area contributed by atoms with Crippen molar-refractivity contribution < 1.29 is 0 Å². The second-order valence-electron chi connectivity index (χ2n) is 3.93. The van der Waals surface area contributed by atoms with Crippen LogP contribution < -0.4 is 0 Å². The minimum absolute atomic E-state index is 1.24. The molecule has 1 radical (unpaired) electrons. The van der Waals surface area contributed by atoms with Gasteiger partial charge in [-0.3, -0.25) is 0 Å². The van der Waals surface area contributed by atoms with Gasteiger partial charge in [0.1, 0.15) is 0 Å². The van der Waals surface area contributed by atoms with E-state index in [2.05, 4.69) is 25.1 Å². The van der Waals surface area contributed by atoms with Crippen LogP contribution in [0.2, 0.25) is 5.60 Å². The fraction of sp³-hybridized carbons (Fsp3) is 0.600. The van der Waals surface area contributed by atoms with Gasteiger partial charge in [-0.1, -0.05) is 63.3 Å². The third-order valence-corrected chi connectivity index (χ3v) is 2.61. The molecule has 0 spiro atoms. The van der Waals surface area contributed by atoms with E-state index in [1.54, 1.807) is 0 Å². The molecule has 0 saturated heterocycles. The normalized spacial score (nSPS) is 9.50. The van der Waals surface area contributed by atoms with E-state index >= 15 is 0 Å². The summed E-state index contributed by atoms with van der Waals surface area (Å²) in [7, 11) is 0. The molecule has 1 heteroatoms. The summed E-state index contributed by atoms with van der Waals surface area (Å²) in [4.78, 5) is 0. The van der Waals surface area contributed by atoms with Crippen LogP contribution in [0.15, 0.2) is 24.3 Å². The Kier molecular flexibility index (Phi) is 12.7. The Bertz CT molecular complexity index is 218. The third kappa shape index (κ3) is 9.07. The first kappa shape index (κ1) is 15.8. The monoisotopic (exact) mass is 211 g/mol. The molecule has 1 aromatic carbocycles. The topological polar surface area (TPSA) is 0 Å². The number of hydrogen-bond donors (Lipinski definition) is 0. The van der Waals surface area contributed by atoms with Crippen LogP contribution in [0.25, 0.3) is 0 Å². The molecule has 1 rings (SSSR count). The maximum absolute atomic E-state index is 3.05. The molecule has 85 valence electrons. The summed E-state index contributed by atoms with van der Waals surface area (Å²) in [6, 6.07) is 11.4. The van der Waals surface area contributed by atoms with Crippen molar-refractivity contribution in [1.82, 2.24) is 0 Å². The molecule has 0 unspecified atom stereocenters. The van der Waals surface area contributed by atoms with Crippen molar-refractivity contribution in [2.45, 2.75) is 57.5 Å². The summed E-state index contributed by atoms with van der Waals surface area (Å²) in [6.07, 6.45) is 9.54. The van der Waals surface area contributed by atoms with Gasteiger partial charge in [0.25, 0.3) is 0 Å². The summed E-state index contributed by atoms with van der Waals surface area (Å²) >= 11 is 2.00. The van der Waals surface area contributed by atoms with Crippen molar-refractivity contribution in [3.8, 4) is 0 Å². The molecule has 0 nitrogen and oxygen atoms in total. The van der Waals surface area contributed by atoms with Gasteiger partial charge in [0.2, 0.25) is 0 Å². The Labute approximate surface area is 111 Å². The number of unbranched alkanes of at least 4 members (excludes halogenated alkanes) is 5. The molecule has 0 atom stereocenters. The van der Waals surface area contributed by atoms with E-state index in [9.17, 15) is 0 Å². The second kappa shape index (κ2) is 12.9. The predicted molar refractivity (Wildman–Crippen MR) is 74.0 cm³/mol. The van der Waals surface area contributed by atoms with Crippen molar-refractivity contribution in [3.05, 3.63) is 35.9 Å². The summed E-state index contributed by atoms with van der Waals surface area (Å²) in [5.41, 5.74) is 3.46. The predicted octanol–water partition coefficient (Wildman–Crippen LogP) is 4.59. The van der Waals surface area contributed by atoms with Gasteiger partial charge in [-0.2, -0.15) is 0 Å². The Morgan fingerprint density at radius 2 is 1.50 bits per heavy atom. The van der Waals surface area contributed by atoms with Gasteiger partial charge in [-0.25, -0.2) is 0 Å². The zero-order valence-electron chi connectivity index (χ0n) is 11.3. The number of rotatable bonds is 7. The van der Waals surface area contributed by atoms with E-state index < -0.39 is 0 Å². The first-order valence-electron chi connectivity index (χ1n) is 6.88. The Morgan fingerprint density at radius 1 is 0.938 bits per heavy atom. The maximum atomic E-state index is 3.05. The molecule has 1 aromatic rings.